The van der Waals surface area contributed by atoms with Crippen LogP contribution in [0, 0.1) is 22.7 Å². The van der Waals surface area contributed by atoms with Gasteiger partial charge in [0.2, 0.25) is 11.8 Å². The zero-order chi connectivity index (χ0) is 23.3. The fourth-order valence-corrected chi connectivity index (χ4v) is 7.21. The van der Waals surface area contributed by atoms with Crippen molar-refractivity contribution in [1.29, 1.82) is 0 Å². The molecule has 8 heteroatoms. The van der Waals surface area contributed by atoms with Crippen molar-refractivity contribution in [3.8, 4) is 0 Å². The number of anilines is 1. The first kappa shape index (κ1) is 23.6. The molecule has 1 aromatic rings. The molecule has 2 fully saturated rings. The van der Waals surface area contributed by atoms with E-state index in [-0.39, 0.29) is 47.6 Å². The van der Waals surface area contributed by atoms with Crippen LogP contribution >= 0.6 is 11.3 Å². The van der Waals surface area contributed by atoms with Crippen molar-refractivity contribution in [1.82, 2.24) is 10.3 Å². The standard InChI is InChI=1S/C24H37N3O4S/c1-13(2)25-19(30)10-15-20-16(32-22(26-20)27-21(31)14-6-5-7-14)11-17-23(15,3)9-8-18(29)24(17,4)12-28/h13-15,17-18,28-29H,5-12H2,1-4H3,(H,25,30)(H,26,27,31)/t15-,17+,18-,23+,24+/m1/s1. The fourth-order valence-electron chi connectivity index (χ4n) is 6.14. The van der Waals surface area contributed by atoms with Crippen LogP contribution in [0.3, 0.4) is 0 Å². The molecule has 5 atom stereocenters. The second-order valence-corrected chi connectivity index (χ2v) is 12.0. The average molecular weight is 464 g/mol. The number of amides is 2. The SMILES string of the molecule is CC(C)NC(=O)C[C@@H]1c2nc(NC(=O)C3CCC3)sc2C[C@@H]2[C@](C)(CO)[C@H](O)CC[C@]21C. The van der Waals surface area contributed by atoms with E-state index in [2.05, 4.69) is 17.6 Å². The second-order valence-electron chi connectivity index (χ2n) is 10.9. The van der Waals surface area contributed by atoms with E-state index < -0.39 is 11.5 Å². The van der Waals surface area contributed by atoms with E-state index in [4.69, 9.17) is 4.98 Å². The van der Waals surface area contributed by atoms with Gasteiger partial charge in [0.25, 0.3) is 0 Å². The number of fused-ring (bicyclic) bond motifs is 2. The first-order valence-electron chi connectivity index (χ1n) is 12.0. The minimum Gasteiger partial charge on any atom is -0.396 e. The van der Waals surface area contributed by atoms with Crippen LogP contribution in [-0.4, -0.2) is 45.8 Å². The normalized spacial score (nSPS) is 34.4. The van der Waals surface area contributed by atoms with Crippen molar-refractivity contribution in [2.45, 2.75) is 90.7 Å². The molecule has 4 rings (SSSR count). The Bertz CT molecular complexity index is 883. The first-order valence-corrected chi connectivity index (χ1v) is 12.8. The molecule has 2 amide bonds. The predicted octanol–water partition coefficient (Wildman–Crippen LogP) is 3.21. The van der Waals surface area contributed by atoms with Gasteiger partial charge in [-0.1, -0.05) is 20.3 Å². The monoisotopic (exact) mass is 463 g/mol. The number of aliphatic hydroxyl groups excluding tert-OH is 2. The smallest absolute Gasteiger partial charge is 0.229 e. The van der Waals surface area contributed by atoms with Gasteiger partial charge in [-0.15, -0.1) is 11.3 Å². The van der Waals surface area contributed by atoms with Crippen LogP contribution in [0.5, 0.6) is 0 Å². The summed E-state index contributed by atoms with van der Waals surface area (Å²) in [6, 6.07) is 0.0535. The third-order valence-electron chi connectivity index (χ3n) is 8.44. The lowest BCUT2D eigenvalue weighted by Crippen LogP contribution is -2.57. The Labute approximate surface area is 194 Å². The minimum atomic E-state index is -0.642. The van der Waals surface area contributed by atoms with Crippen molar-refractivity contribution in [2.75, 3.05) is 11.9 Å². The van der Waals surface area contributed by atoms with Gasteiger partial charge in [0.1, 0.15) is 0 Å². The van der Waals surface area contributed by atoms with Crippen molar-refractivity contribution < 1.29 is 19.8 Å². The summed E-state index contributed by atoms with van der Waals surface area (Å²) in [5.41, 5.74) is -0.00809. The quantitative estimate of drug-likeness (QED) is 0.518. The van der Waals surface area contributed by atoms with E-state index in [0.717, 1.165) is 36.3 Å². The molecule has 1 heterocycles. The van der Waals surface area contributed by atoms with Crippen molar-refractivity contribution in [3.63, 3.8) is 0 Å². The fraction of sp³-hybridized carbons (Fsp3) is 0.792. The summed E-state index contributed by atoms with van der Waals surface area (Å²) in [6.07, 6.45) is 4.76. The van der Waals surface area contributed by atoms with Crippen LogP contribution in [0.2, 0.25) is 0 Å². The van der Waals surface area contributed by atoms with Gasteiger partial charge in [-0.3, -0.25) is 9.59 Å². The molecule has 0 spiro atoms. The number of nitrogens with zero attached hydrogens (tertiary/aromatic N) is 1. The first-order chi connectivity index (χ1) is 15.1. The Hall–Kier alpha value is -1.51. The van der Waals surface area contributed by atoms with Gasteiger partial charge in [0, 0.05) is 34.6 Å². The molecule has 0 bridgehead atoms. The van der Waals surface area contributed by atoms with Gasteiger partial charge in [-0.25, -0.2) is 4.98 Å². The summed E-state index contributed by atoms with van der Waals surface area (Å²) in [5, 5.41) is 27.8. The van der Waals surface area contributed by atoms with Crippen LogP contribution in [-0.2, 0) is 16.0 Å². The van der Waals surface area contributed by atoms with E-state index in [9.17, 15) is 19.8 Å². The number of rotatable bonds is 6. The minimum absolute atomic E-state index is 0.0114. The number of nitrogens with one attached hydrogen (secondary N) is 2. The Morgan fingerprint density at radius 1 is 1.25 bits per heavy atom. The summed E-state index contributed by atoms with van der Waals surface area (Å²) in [5.74, 6) is -0.00224. The lowest BCUT2D eigenvalue weighted by atomic mass is 9.47. The molecule has 3 aliphatic rings. The van der Waals surface area contributed by atoms with Crippen LogP contribution < -0.4 is 10.6 Å². The van der Waals surface area contributed by atoms with E-state index in [1.807, 2.05) is 20.8 Å². The van der Waals surface area contributed by atoms with E-state index in [0.29, 0.717) is 24.4 Å². The Kier molecular flexibility index (Phi) is 6.42. The Morgan fingerprint density at radius 3 is 2.56 bits per heavy atom. The van der Waals surface area contributed by atoms with E-state index in [1.165, 1.54) is 11.3 Å². The van der Waals surface area contributed by atoms with Gasteiger partial charge < -0.3 is 20.8 Å². The summed E-state index contributed by atoms with van der Waals surface area (Å²) in [6.45, 7) is 7.96. The van der Waals surface area contributed by atoms with E-state index in [1.54, 1.807) is 0 Å². The molecule has 0 saturated heterocycles. The topological polar surface area (TPSA) is 112 Å². The average Bonchev–Trinajstić information content (AvgIpc) is 3.06. The Balaban J connectivity index is 1.70. The number of aromatic nitrogens is 1. The molecule has 1 aromatic heterocycles. The highest BCUT2D eigenvalue weighted by Crippen LogP contribution is 2.62. The number of aliphatic hydroxyl groups is 2. The highest BCUT2D eigenvalue weighted by atomic mass is 32.1. The number of thiazole rings is 1. The largest absolute Gasteiger partial charge is 0.396 e. The molecule has 0 aliphatic heterocycles. The maximum absolute atomic E-state index is 12.9. The van der Waals surface area contributed by atoms with Gasteiger partial charge in [-0.05, 0) is 57.3 Å². The number of carbonyl (C=O) groups excluding carboxylic acids is 2. The molecule has 7 nitrogen and oxygen atoms in total. The molecular formula is C24H37N3O4S. The summed E-state index contributed by atoms with van der Waals surface area (Å²) in [7, 11) is 0. The van der Waals surface area contributed by atoms with Crippen LogP contribution in [0.1, 0.15) is 82.7 Å². The molecular weight excluding hydrogens is 426 g/mol. The summed E-state index contributed by atoms with van der Waals surface area (Å²) >= 11 is 1.49. The van der Waals surface area contributed by atoms with Crippen LogP contribution in [0.25, 0.3) is 0 Å². The molecule has 32 heavy (non-hydrogen) atoms. The third-order valence-corrected chi connectivity index (χ3v) is 9.45. The third kappa shape index (κ3) is 3.99. The van der Waals surface area contributed by atoms with Crippen molar-refractivity contribution in [2.24, 2.45) is 22.7 Å². The number of carbonyl (C=O) groups is 2. The molecule has 2 saturated carbocycles. The van der Waals surface area contributed by atoms with Crippen molar-refractivity contribution >= 4 is 28.3 Å². The van der Waals surface area contributed by atoms with Crippen LogP contribution in [0.15, 0.2) is 0 Å². The summed E-state index contributed by atoms with van der Waals surface area (Å²) in [4.78, 5) is 31.3. The van der Waals surface area contributed by atoms with Gasteiger partial charge in [0.05, 0.1) is 18.4 Å². The van der Waals surface area contributed by atoms with Crippen molar-refractivity contribution in [3.05, 3.63) is 10.6 Å². The highest BCUT2D eigenvalue weighted by Gasteiger charge is 2.59. The van der Waals surface area contributed by atoms with Crippen LogP contribution in [0.4, 0.5) is 5.13 Å². The van der Waals surface area contributed by atoms with Gasteiger partial charge in [0.15, 0.2) is 5.13 Å². The lowest BCUT2D eigenvalue weighted by molar-refractivity contribution is -0.144. The molecule has 3 aliphatic carbocycles. The number of hydrogen-bond acceptors (Lipinski definition) is 6. The Morgan fingerprint density at radius 2 is 1.97 bits per heavy atom. The zero-order valence-electron chi connectivity index (χ0n) is 19.6. The predicted molar refractivity (Wildman–Crippen MR) is 124 cm³/mol. The molecule has 4 N–H and O–H groups in total. The molecule has 0 aromatic carbocycles. The molecule has 178 valence electrons. The maximum Gasteiger partial charge on any atom is 0.229 e. The van der Waals surface area contributed by atoms with E-state index >= 15 is 0 Å². The molecule has 0 unspecified atom stereocenters. The maximum atomic E-state index is 12.9. The zero-order valence-corrected chi connectivity index (χ0v) is 20.4. The van der Waals surface area contributed by atoms with Gasteiger partial charge in [-0.2, -0.15) is 0 Å². The number of hydrogen-bond donors (Lipinski definition) is 4. The van der Waals surface area contributed by atoms with Gasteiger partial charge >= 0.3 is 0 Å². The molecule has 0 radical (unpaired) electrons. The second kappa shape index (κ2) is 8.69. The highest BCUT2D eigenvalue weighted by molar-refractivity contribution is 7.15. The lowest BCUT2D eigenvalue weighted by Gasteiger charge is -2.58. The summed E-state index contributed by atoms with van der Waals surface area (Å²) < 4.78 is 0.